The SMILES string of the molecule is CCOC(=O)[C@@H]1C=C1CCCCCC1OCCO1. The van der Waals surface area contributed by atoms with Crippen molar-refractivity contribution in [2.24, 2.45) is 5.92 Å². The quantitative estimate of drug-likeness (QED) is 0.379. The van der Waals surface area contributed by atoms with E-state index in [2.05, 4.69) is 0 Å². The van der Waals surface area contributed by atoms with E-state index >= 15 is 0 Å². The lowest BCUT2D eigenvalue weighted by atomic mass is 10.1. The van der Waals surface area contributed by atoms with Crippen molar-refractivity contribution in [2.75, 3.05) is 19.8 Å². The smallest absolute Gasteiger partial charge is 0.316 e. The largest absolute Gasteiger partial charge is 0.465 e. The Balaban J connectivity index is 1.45. The van der Waals surface area contributed by atoms with E-state index in [1.807, 2.05) is 13.0 Å². The molecule has 2 rings (SSSR count). The first-order valence-corrected chi connectivity index (χ1v) is 6.91. The Hall–Kier alpha value is -0.870. The molecule has 0 aromatic heterocycles. The zero-order valence-electron chi connectivity index (χ0n) is 11.0. The Kier molecular flexibility index (Phi) is 5.20. The van der Waals surface area contributed by atoms with Crippen LogP contribution in [0.25, 0.3) is 0 Å². The number of rotatable bonds is 8. The molecule has 4 heteroatoms. The van der Waals surface area contributed by atoms with E-state index in [0.717, 1.165) is 45.3 Å². The summed E-state index contributed by atoms with van der Waals surface area (Å²) in [6, 6.07) is 0. The molecule has 4 nitrogen and oxygen atoms in total. The van der Waals surface area contributed by atoms with Gasteiger partial charge >= 0.3 is 5.97 Å². The Morgan fingerprint density at radius 3 is 2.83 bits per heavy atom. The third-order valence-electron chi connectivity index (χ3n) is 3.31. The molecular weight excluding hydrogens is 232 g/mol. The van der Waals surface area contributed by atoms with Gasteiger partial charge in [-0.1, -0.05) is 18.1 Å². The zero-order valence-corrected chi connectivity index (χ0v) is 11.0. The summed E-state index contributed by atoms with van der Waals surface area (Å²) in [7, 11) is 0. The van der Waals surface area contributed by atoms with Gasteiger partial charge in [-0.3, -0.25) is 4.79 Å². The standard InChI is InChI=1S/C14H22O4/c1-2-16-14(15)12-10-11(12)6-4-3-5-7-13-17-8-9-18-13/h10,12-13H,2-9H2,1H3/t12-/m1/s1. The van der Waals surface area contributed by atoms with Crippen molar-refractivity contribution in [3.63, 3.8) is 0 Å². The minimum atomic E-state index is -0.0831. The third-order valence-corrected chi connectivity index (χ3v) is 3.31. The summed E-state index contributed by atoms with van der Waals surface area (Å²) in [6.07, 6.45) is 7.47. The van der Waals surface area contributed by atoms with Gasteiger partial charge in [0, 0.05) is 0 Å². The molecule has 0 aromatic rings. The van der Waals surface area contributed by atoms with Crippen molar-refractivity contribution in [1.29, 1.82) is 0 Å². The molecule has 1 aliphatic heterocycles. The molecule has 1 aliphatic carbocycles. The van der Waals surface area contributed by atoms with Crippen molar-refractivity contribution >= 4 is 5.97 Å². The molecule has 1 heterocycles. The molecule has 2 aliphatic rings. The van der Waals surface area contributed by atoms with Gasteiger partial charge in [0.15, 0.2) is 6.29 Å². The van der Waals surface area contributed by atoms with Crippen LogP contribution in [0.5, 0.6) is 0 Å². The number of ether oxygens (including phenoxy) is 3. The monoisotopic (exact) mass is 254 g/mol. The van der Waals surface area contributed by atoms with Crippen LogP contribution < -0.4 is 0 Å². The molecule has 0 unspecified atom stereocenters. The Labute approximate surface area is 108 Å². The number of hydrogen-bond acceptors (Lipinski definition) is 4. The average molecular weight is 254 g/mol. The Morgan fingerprint density at radius 1 is 1.33 bits per heavy atom. The van der Waals surface area contributed by atoms with E-state index in [1.165, 1.54) is 5.57 Å². The maximum atomic E-state index is 11.4. The maximum absolute atomic E-state index is 11.4. The van der Waals surface area contributed by atoms with Crippen LogP contribution in [0.4, 0.5) is 0 Å². The predicted octanol–water partition coefficient (Wildman–Crippen LogP) is 2.43. The normalized spacial score (nSPS) is 22.9. The number of esters is 1. The van der Waals surface area contributed by atoms with Crippen LogP contribution in [0, 0.1) is 5.92 Å². The number of hydrogen-bond donors (Lipinski definition) is 0. The van der Waals surface area contributed by atoms with Gasteiger partial charge in [-0.25, -0.2) is 0 Å². The van der Waals surface area contributed by atoms with Crippen molar-refractivity contribution in [3.8, 4) is 0 Å². The fraction of sp³-hybridized carbons (Fsp3) is 0.786. The summed E-state index contributed by atoms with van der Waals surface area (Å²) in [5, 5.41) is 0. The molecule has 0 amide bonds. The number of carbonyl (C=O) groups is 1. The van der Waals surface area contributed by atoms with Gasteiger partial charge in [-0.2, -0.15) is 0 Å². The molecule has 0 spiro atoms. The molecule has 1 saturated heterocycles. The summed E-state index contributed by atoms with van der Waals surface area (Å²) < 4.78 is 15.7. The molecule has 0 radical (unpaired) electrons. The van der Waals surface area contributed by atoms with Crippen LogP contribution in [-0.2, 0) is 19.0 Å². The van der Waals surface area contributed by atoms with Crippen LogP contribution in [-0.4, -0.2) is 32.1 Å². The van der Waals surface area contributed by atoms with Crippen LogP contribution in [0.1, 0.15) is 39.0 Å². The number of carbonyl (C=O) groups excluding carboxylic acids is 1. The molecule has 1 fully saturated rings. The van der Waals surface area contributed by atoms with Gasteiger partial charge in [-0.05, 0) is 32.6 Å². The van der Waals surface area contributed by atoms with Gasteiger partial charge in [0.25, 0.3) is 0 Å². The fourth-order valence-electron chi connectivity index (χ4n) is 2.25. The maximum Gasteiger partial charge on any atom is 0.316 e. The molecule has 0 N–H and O–H groups in total. The second-order valence-corrected chi connectivity index (χ2v) is 4.74. The first-order valence-electron chi connectivity index (χ1n) is 6.91. The lowest BCUT2D eigenvalue weighted by molar-refractivity contribution is -0.144. The predicted molar refractivity (Wildman–Crippen MR) is 67.0 cm³/mol. The van der Waals surface area contributed by atoms with Crippen molar-refractivity contribution in [2.45, 2.75) is 45.3 Å². The molecule has 0 aromatic carbocycles. The third kappa shape index (κ3) is 4.10. The second-order valence-electron chi connectivity index (χ2n) is 4.74. The van der Waals surface area contributed by atoms with Gasteiger partial charge in [0.1, 0.15) is 0 Å². The van der Waals surface area contributed by atoms with Gasteiger partial charge in [-0.15, -0.1) is 0 Å². The first kappa shape index (κ1) is 13.6. The first-order chi connectivity index (χ1) is 8.81. The van der Waals surface area contributed by atoms with Gasteiger partial charge in [0.05, 0.1) is 25.7 Å². The number of unbranched alkanes of at least 4 members (excludes halogenated alkanes) is 2. The zero-order chi connectivity index (χ0) is 12.8. The van der Waals surface area contributed by atoms with E-state index in [-0.39, 0.29) is 18.2 Å². The summed E-state index contributed by atoms with van der Waals surface area (Å²) in [5.41, 5.74) is 1.25. The lowest BCUT2D eigenvalue weighted by Crippen LogP contribution is -2.08. The highest BCUT2D eigenvalue weighted by Crippen LogP contribution is 2.34. The van der Waals surface area contributed by atoms with Crippen molar-refractivity contribution < 1.29 is 19.0 Å². The van der Waals surface area contributed by atoms with E-state index in [4.69, 9.17) is 14.2 Å². The van der Waals surface area contributed by atoms with Gasteiger partial charge < -0.3 is 14.2 Å². The molecule has 102 valence electrons. The van der Waals surface area contributed by atoms with Crippen LogP contribution in [0.15, 0.2) is 11.6 Å². The topological polar surface area (TPSA) is 44.8 Å². The van der Waals surface area contributed by atoms with E-state index < -0.39 is 0 Å². The van der Waals surface area contributed by atoms with Crippen LogP contribution in [0.2, 0.25) is 0 Å². The molecular formula is C14H22O4. The molecule has 0 bridgehead atoms. The minimum Gasteiger partial charge on any atom is -0.465 e. The summed E-state index contributed by atoms with van der Waals surface area (Å²) in [6.45, 7) is 3.78. The highest BCUT2D eigenvalue weighted by atomic mass is 16.7. The van der Waals surface area contributed by atoms with Crippen LogP contribution >= 0.6 is 0 Å². The Bertz CT molecular complexity index is 305. The van der Waals surface area contributed by atoms with E-state index in [0.29, 0.717) is 6.61 Å². The van der Waals surface area contributed by atoms with E-state index in [1.54, 1.807) is 0 Å². The van der Waals surface area contributed by atoms with Crippen molar-refractivity contribution in [3.05, 3.63) is 11.6 Å². The van der Waals surface area contributed by atoms with E-state index in [9.17, 15) is 4.79 Å². The molecule has 0 saturated carbocycles. The molecule has 1 atom stereocenters. The minimum absolute atomic E-state index is 0.00792. The highest BCUT2D eigenvalue weighted by molar-refractivity contribution is 5.83. The van der Waals surface area contributed by atoms with Crippen LogP contribution in [0.3, 0.4) is 0 Å². The second kappa shape index (κ2) is 6.90. The lowest BCUT2D eigenvalue weighted by Gasteiger charge is -2.07. The highest BCUT2D eigenvalue weighted by Gasteiger charge is 2.32. The molecule has 18 heavy (non-hydrogen) atoms. The summed E-state index contributed by atoms with van der Waals surface area (Å²) in [4.78, 5) is 11.4. The van der Waals surface area contributed by atoms with Gasteiger partial charge in [0.2, 0.25) is 0 Å². The average Bonchev–Trinajstić information content (AvgIpc) is 2.94. The summed E-state index contributed by atoms with van der Waals surface area (Å²) in [5.74, 6) is -0.0910. The van der Waals surface area contributed by atoms with Crippen molar-refractivity contribution in [1.82, 2.24) is 0 Å². The Morgan fingerprint density at radius 2 is 2.11 bits per heavy atom. The summed E-state index contributed by atoms with van der Waals surface area (Å²) >= 11 is 0. The fourth-order valence-corrected chi connectivity index (χ4v) is 2.25.